The van der Waals surface area contributed by atoms with Crippen molar-refractivity contribution < 1.29 is 14.6 Å². The van der Waals surface area contributed by atoms with E-state index in [9.17, 15) is 9.90 Å². The molecule has 1 amide bonds. The van der Waals surface area contributed by atoms with E-state index >= 15 is 0 Å². The normalized spacial score (nSPS) is 25.1. The average molecular weight is 221 g/mol. The molecule has 4 nitrogen and oxygen atoms in total. The molecular formula is C12H15NO3. The number of methoxy groups -OCH3 is 1. The van der Waals surface area contributed by atoms with Gasteiger partial charge in [-0.2, -0.15) is 0 Å². The maximum Gasteiger partial charge on any atom is 0.227 e. The average Bonchev–Trinajstić information content (AvgIpc) is 2.55. The van der Waals surface area contributed by atoms with E-state index in [4.69, 9.17) is 4.74 Å². The monoisotopic (exact) mass is 221 g/mol. The largest absolute Gasteiger partial charge is 0.388 e. The van der Waals surface area contributed by atoms with Gasteiger partial charge < -0.3 is 14.7 Å². The van der Waals surface area contributed by atoms with Crippen molar-refractivity contribution in [3.8, 4) is 0 Å². The Morgan fingerprint density at radius 1 is 1.44 bits per heavy atom. The van der Waals surface area contributed by atoms with Crippen molar-refractivity contribution in [3.63, 3.8) is 0 Å². The van der Waals surface area contributed by atoms with Gasteiger partial charge in [-0.05, 0) is 5.56 Å². The quantitative estimate of drug-likeness (QED) is 0.819. The van der Waals surface area contributed by atoms with Gasteiger partial charge in [-0.3, -0.25) is 4.79 Å². The summed E-state index contributed by atoms with van der Waals surface area (Å²) in [6, 6.07) is 9.68. The molecule has 1 aliphatic rings. The lowest BCUT2D eigenvalue weighted by atomic mass is 10.2. The highest BCUT2D eigenvalue weighted by Crippen LogP contribution is 2.22. The van der Waals surface area contributed by atoms with Crippen LogP contribution in [0.15, 0.2) is 30.3 Å². The molecule has 86 valence electrons. The predicted octanol–water partition coefficient (Wildman–Crippen LogP) is 0.752. The van der Waals surface area contributed by atoms with Crippen molar-refractivity contribution in [2.24, 2.45) is 0 Å². The van der Waals surface area contributed by atoms with Gasteiger partial charge in [-0.25, -0.2) is 0 Å². The summed E-state index contributed by atoms with van der Waals surface area (Å²) < 4.78 is 5.13. The summed E-state index contributed by atoms with van der Waals surface area (Å²) in [5.74, 6) is -0.0665. The number of carbonyl (C=O) groups is 1. The molecule has 1 aliphatic heterocycles. The molecular weight excluding hydrogens is 206 g/mol. The van der Waals surface area contributed by atoms with Gasteiger partial charge in [0, 0.05) is 13.7 Å². The fraction of sp³-hybridized carbons (Fsp3) is 0.417. The molecule has 4 heteroatoms. The Labute approximate surface area is 94.4 Å². The van der Waals surface area contributed by atoms with Crippen LogP contribution in [-0.4, -0.2) is 35.4 Å². The Kier molecular flexibility index (Phi) is 3.22. The second-order valence-electron chi connectivity index (χ2n) is 3.90. The van der Waals surface area contributed by atoms with Gasteiger partial charge in [-0.1, -0.05) is 30.3 Å². The number of nitrogens with zero attached hydrogens (tertiary/aromatic N) is 1. The zero-order valence-corrected chi connectivity index (χ0v) is 9.17. The zero-order chi connectivity index (χ0) is 11.5. The smallest absolute Gasteiger partial charge is 0.227 e. The van der Waals surface area contributed by atoms with Crippen LogP contribution in [0.5, 0.6) is 0 Å². The molecule has 1 aromatic rings. The van der Waals surface area contributed by atoms with E-state index in [1.165, 1.54) is 7.11 Å². The Balaban J connectivity index is 2.11. The minimum Gasteiger partial charge on any atom is -0.388 e. The molecule has 0 radical (unpaired) electrons. The number of carbonyl (C=O) groups excluding carboxylic acids is 1. The van der Waals surface area contributed by atoms with E-state index < -0.39 is 12.3 Å². The highest BCUT2D eigenvalue weighted by molar-refractivity contribution is 5.79. The van der Waals surface area contributed by atoms with Crippen molar-refractivity contribution in [1.82, 2.24) is 4.90 Å². The van der Waals surface area contributed by atoms with Crippen molar-refractivity contribution in [2.75, 3.05) is 7.11 Å². The molecule has 1 N–H and O–H groups in total. The number of aliphatic hydroxyl groups excluding tert-OH is 1. The fourth-order valence-electron chi connectivity index (χ4n) is 1.99. The second-order valence-corrected chi connectivity index (χ2v) is 3.90. The number of hydrogen-bond donors (Lipinski definition) is 1. The summed E-state index contributed by atoms with van der Waals surface area (Å²) in [4.78, 5) is 13.2. The van der Waals surface area contributed by atoms with E-state index in [-0.39, 0.29) is 12.3 Å². The molecule has 0 aliphatic carbocycles. The first kappa shape index (κ1) is 11.1. The van der Waals surface area contributed by atoms with E-state index in [2.05, 4.69) is 0 Å². The number of amides is 1. The van der Waals surface area contributed by atoms with Crippen molar-refractivity contribution in [1.29, 1.82) is 0 Å². The molecule has 2 atom stereocenters. The third kappa shape index (κ3) is 2.08. The Morgan fingerprint density at radius 2 is 2.12 bits per heavy atom. The maximum absolute atomic E-state index is 11.6. The number of ether oxygens (including phenoxy) is 1. The molecule has 1 aromatic carbocycles. The molecule has 2 rings (SSSR count). The van der Waals surface area contributed by atoms with E-state index in [0.29, 0.717) is 6.54 Å². The second kappa shape index (κ2) is 4.63. The summed E-state index contributed by atoms with van der Waals surface area (Å²) in [5, 5.41) is 9.62. The zero-order valence-electron chi connectivity index (χ0n) is 9.17. The van der Waals surface area contributed by atoms with Crippen LogP contribution in [0.1, 0.15) is 12.0 Å². The van der Waals surface area contributed by atoms with Gasteiger partial charge in [0.05, 0.1) is 6.42 Å². The number of rotatable bonds is 3. The lowest BCUT2D eigenvalue weighted by molar-refractivity contribution is -0.137. The number of likely N-dealkylation sites (tertiary alicyclic amines) is 1. The lowest BCUT2D eigenvalue weighted by Gasteiger charge is -2.24. The molecule has 1 heterocycles. The van der Waals surface area contributed by atoms with Crippen LogP contribution in [0.3, 0.4) is 0 Å². The van der Waals surface area contributed by atoms with Crippen LogP contribution in [0, 0.1) is 0 Å². The van der Waals surface area contributed by atoms with Gasteiger partial charge in [-0.15, -0.1) is 0 Å². The highest BCUT2D eigenvalue weighted by atomic mass is 16.5. The summed E-state index contributed by atoms with van der Waals surface area (Å²) in [5.41, 5.74) is 1.03. The first-order valence-corrected chi connectivity index (χ1v) is 5.26. The summed E-state index contributed by atoms with van der Waals surface area (Å²) in [6.45, 7) is 0.481. The third-order valence-corrected chi connectivity index (χ3v) is 2.78. The molecule has 0 aromatic heterocycles. The van der Waals surface area contributed by atoms with Crippen molar-refractivity contribution in [2.45, 2.75) is 25.3 Å². The van der Waals surface area contributed by atoms with Crippen LogP contribution in [0.2, 0.25) is 0 Å². The molecule has 0 saturated carbocycles. The molecule has 1 saturated heterocycles. The topological polar surface area (TPSA) is 49.8 Å². The van der Waals surface area contributed by atoms with Crippen LogP contribution in [0.4, 0.5) is 0 Å². The first-order valence-electron chi connectivity index (χ1n) is 5.26. The summed E-state index contributed by atoms with van der Waals surface area (Å²) >= 11 is 0. The molecule has 0 bridgehead atoms. The van der Waals surface area contributed by atoms with Crippen LogP contribution < -0.4 is 0 Å². The maximum atomic E-state index is 11.6. The SMILES string of the molecule is COC1[C@@H](O)CC(=O)N1Cc1ccccc1. The van der Waals surface area contributed by atoms with E-state index in [1.54, 1.807) is 4.90 Å². The van der Waals surface area contributed by atoms with Gasteiger partial charge in [0.25, 0.3) is 0 Å². The number of benzene rings is 1. The Hall–Kier alpha value is -1.39. The Morgan fingerprint density at radius 3 is 2.75 bits per heavy atom. The lowest BCUT2D eigenvalue weighted by Crippen LogP contribution is -2.37. The van der Waals surface area contributed by atoms with Gasteiger partial charge in [0.2, 0.25) is 5.91 Å². The third-order valence-electron chi connectivity index (χ3n) is 2.78. The standard InChI is InChI=1S/C12H15NO3/c1-16-12-10(14)7-11(15)13(12)8-9-5-3-2-4-6-9/h2-6,10,12,14H,7-8H2,1H3/t10-,12?/m0/s1. The van der Waals surface area contributed by atoms with Gasteiger partial charge in [0.15, 0.2) is 6.23 Å². The molecule has 1 fully saturated rings. The predicted molar refractivity (Wildman–Crippen MR) is 58.4 cm³/mol. The molecule has 1 unspecified atom stereocenters. The highest BCUT2D eigenvalue weighted by Gasteiger charge is 2.38. The number of hydrogen-bond acceptors (Lipinski definition) is 3. The van der Waals surface area contributed by atoms with Crippen LogP contribution >= 0.6 is 0 Å². The van der Waals surface area contributed by atoms with Gasteiger partial charge in [0.1, 0.15) is 6.10 Å². The van der Waals surface area contributed by atoms with E-state index in [1.807, 2.05) is 30.3 Å². The van der Waals surface area contributed by atoms with E-state index in [0.717, 1.165) is 5.56 Å². The van der Waals surface area contributed by atoms with Crippen LogP contribution in [0.25, 0.3) is 0 Å². The van der Waals surface area contributed by atoms with Crippen LogP contribution in [-0.2, 0) is 16.1 Å². The minimum atomic E-state index is -0.721. The van der Waals surface area contributed by atoms with Crippen molar-refractivity contribution in [3.05, 3.63) is 35.9 Å². The first-order chi connectivity index (χ1) is 7.72. The fourth-order valence-corrected chi connectivity index (χ4v) is 1.99. The van der Waals surface area contributed by atoms with Crippen molar-refractivity contribution >= 4 is 5.91 Å². The molecule has 16 heavy (non-hydrogen) atoms. The summed E-state index contributed by atoms with van der Waals surface area (Å²) in [7, 11) is 1.50. The summed E-state index contributed by atoms with van der Waals surface area (Å²) in [6.07, 6.45) is -1.10. The number of aliphatic hydroxyl groups is 1. The Bertz CT molecular complexity index is 366. The molecule has 0 spiro atoms. The minimum absolute atomic E-state index is 0.0665. The van der Waals surface area contributed by atoms with Gasteiger partial charge >= 0.3 is 0 Å².